The molecule has 0 radical (unpaired) electrons. The first kappa shape index (κ1) is 18.5. The Morgan fingerprint density at radius 2 is 1.54 bits per heavy atom. The molecule has 7 heteroatoms. The van der Waals surface area contributed by atoms with Crippen molar-refractivity contribution < 1.29 is 23.8 Å². The fourth-order valence-corrected chi connectivity index (χ4v) is 3.58. The number of ether oxygens (including phenoxy) is 3. The van der Waals surface area contributed by atoms with E-state index < -0.39 is 0 Å². The molecule has 4 rings (SSSR count). The number of carbonyl (C=O) groups excluding carboxylic acids is 2. The Morgan fingerprint density at radius 3 is 2.21 bits per heavy atom. The summed E-state index contributed by atoms with van der Waals surface area (Å²) in [5, 5.41) is 5.81. The number of amides is 2. The topological polar surface area (TPSA) is 85.9 Å². The molecule has 2 fully saturated rings. The van der Waals surface area contributed by atoms with E-state index in [1.807, 2.05) is 30.3 Å². The summed E-state index contributed by atoms with van der Waals surface area (Å²) in [6.07, 6.45) is -0.522. The van der Waals surface area contributed by atoms with Crippen LogP contribution in [-0.4, -0.2) is 49.3 Å². The molecule has 2 heterocycles. The summed E-state index contributed by atoms with van der Waals surface area (Å²) in [6.45, 7) is 2.19. The summed E-state index contributed by atoms with van der Waals surface area (Å²) < 4.78 is 17.3. The van der Waals surface area contributed by atoms with Crippen LogP contribution in [-0.2, 0) is 14.3 Å². The minimum absolute atomic E-state index is 0.124. The highest BCUT2D eigenvalue weighted by molar-refractivity contribution is 5.94. The predicted molar refractivity (Wildman–Crippen MR) is 101 cm³/mol. The van der Waals surface area contributed by atoms with Gasteiger partial charge in [-0.1, -0.05) is 24.3 Å². The second kappa shape index (κ2) is 8.00. The molecule has 7 nitrogen and oxygen atoms in total. The Labute approximate surface area is 163 Å². The van der Waals surface area contributed by atoms with Gasteiger partial charge in [-0.3, -0.25) is 9.59 Å². The fourth-order valence-electron chi connectivity index (χ4n) is 3.58. The standard InChI is InChI=1S/C21H22N2O5/c1-13(24)22-17-11-26-20-18(12-27-19(17)20)23-21(25)14-6-5-9-16(10-14)28-15-7-3-2-4-8-15/h2-10,17-20H,11-12H2,1H3,(H,22,24)(H,23,25). The number of hydrogen-bond acceptors (Lipinski definition) is 5. The van der Waals surface area contributed by atoms with Gasteiger partial charge in [-0.05, 0) is 30.3 Å². The molecule has 2 amide bonds. The Hall–Kier alpha value is -2.90. The summed E-state index contributed by atoms with van der Waals surface area (Å²) in [5.74, 6) is 0.942. The van der Waals surface area contributed by atoms with Gasteiger partial charge in [-0.25, -0.2) is 0 Å². The van der Waals surface area contributed by atoms with Crippen molar-refractivity contribution in [3.63, 3.8) is 0 Å². The minimum Gasteiger partial charge on any atom is -0.457 e. The highest BCUT2D eigenvalue weighted by Gasteiger charge is 2.48. The minimum atomic E-state index is -0.274. The Kier molecular flexibility index (Phi) is 5.27. The maximum atomic E-state index is 12.7. The molecule has 0 aromatic heterocycles. The van der Waals surface area contributed by atoms with E-state index in [-0.39, 0.29) is 36.1 Å². The summed E-state index contributed by atoms with van der Waals surface area (Å²) in [7, 11) is 0. The van der Waals surface area contributed by atoms with Crippen molar-refractivity contribution in [1.29, 1.82) is 0 Å². The molecular weight excluding hydrogens is 360 g/mol. The van der Waals surface area contributed by atoms with E-state index in [4.69, 9.17) is 14.2 Å². The first-order valence-electron chi connectivity index (χ1n) is 9.24. The van der Waals surface area contributed by atoms with E-state index in [2.05, 4.69) is 10.6 Å². The van der Waals surface area contributed by atoms with Gasteiger partial charge in [0, 0.05) is 12.5 Å². The second-order valence-corrected chi connectivity index (χ2v) is 6.93. The van der Waals surface area contributed by atoms with Crippen LogP contribution in [0.5, 0.6) is 11.5 Å². The molecule has 2 aromatic rings. The number of rotatable bonds is 5. The fraction of sp³-hybridized carbons (Fsp3) is 0.333. The first-order chi connectivity index (χ1) is 13.6. The van der Waals surface area contributed by atoms with Crippen LogP contribution < -0.4 is 15.4 Å². The summed E-state index contributed by atoms with van der Waals surface area (Å²) in [6, 6.07) is 15.9. The van der Waals surface area contributed by atoms with Gasteiger partial charge >= 0.3 is 0 Å². The Bertz CT molecular complexity index is 857. The van der Waals surface area contributed by atoms with Crippen molar-refractivity contribution in [2.45, 2.75) is 31.2 Å². The predicted octanol–water partition coefficient (Wildman–Crippen LogP) is 1.88. The zero-order valence-electron chi connectivity index (χ0n) is 15.5. The monoisotopic (exact) mass is 382 g/mol. The second-order valence-electron chi connectivity index (χ2n) is 6.93. The van der Waals surface area contributed by atoms with E-state index in [9.17, 15) is 9.59 Å². The zero-order valence-corrected chi connectivity index (χ0v) is 15.5. The molecule has 0 bridgehead atoms. The van der Waals surface area contributed by atoms with Gasteiger partial charge in [0.2, 0.25) is 5.91 Å². The Morgan fingerprint density at radius 1 is 0.893 bits per heavy atom. The molecule has 2 saturated heterocycles. The van der Waals surface area contributed by atoms with Crippen LogP contribution in [0.2, 0.25) is 0 Å². The highest BCUT2D eigenvalue weighted by atomic mass is 16.6. The van der Waals surface area contributed by atoms with Crippen LogP contribution in [0.15, 0.2) is 54.6 Å². The third kappa shape index (κ3) is 4.00. The van der Waals surface area contributed by atoms with E-state index >= 15 is 0 Å². The van der Waals surface area contributed by atoms with Crippen molar-refractivity contribution in [3.8, 4) is 11.5 Å². The smallest absolute Gasteiger partial charge is 0.251 e. The van der Waals surface area contributed by atoms with Crippen molar-refractivity contribution in [2.75, 3.05) is 13.2 Å². The largest absolute Gasteiger partial charge is 0.457 e. The molecule has 4 atom stereocenters. The summed E-state index contributed by atoms with van der Waals surface area (Å²) in [4.78, 5) is 24.0. The summed E-state index contributed by atoms with van der Waals surface area (Å²) >= 11 is 0. The molecule has 0 saturated carbocycles. The number of para-hydroxylation sites is 1. The first-order valence-corrected chi connectivity index (χ1v) is 9.24. The normalized spacial score (nSPS) is 25.8. The van der Waals surface area contributed by atoms with Gasteiger partial charge < -0.3 is 24.8 Å². The van der Waals surface area contributed by atoms with Crippen LogP contribution >= 0.6 is 0 Å². The van der Waals surface area contributed by atoms with E-state index in [1.54, 1.807) is 24.3 Å². The number of nitrogens with one attached hydrogen (secondary N) is 2. The Balaban J connectivity index is 1.39. The average molecular weight is 382 g/mol. The van der Waals surface area contributed by atoms with Crippen LogP contribution in [0, 0.1) is 0 Å². The molecule has 0 spiro atoms. The third-order valence-electron chi connectivity index (χ3n) is 4.83. The van der Waals surface area contributed by atoms with Crippen molar-refractivity contribution in [2.24, 2.45) is 0 Å². The maximum absolute atomic E-state index is 12.7. The van der Waals surface area contributed by atoms with Crippen LogP contribution in [0.4, 0.5) is 0 Å². The lowest BCUT2D eigenvalue weighted by Gasteiger charge is -2.18. The van der Waals surface area contributed by atoms with E-state index in [1.165, 1.54) is 6.92 Å². The number of fused-ring (bicyclic) bond motifs is 1. The molecular formula is C21H22N2O5. The van der Waals surface area contributed by atoms with Crippen molar-refractivity contribution in [3.05, 3.63) is 60.2 Å². The van der Waals surface area contributed by atoms with E-state index in [0.717, 1.165) is 0 Å². The van der Waals surface area contributed by atoms with Gasteiger partial charge in [0.15, 0.2) is 0 Å². The van der Waals surface area contributed by atoms with Gasteiger partial charge in [0.25, 0.3) is 5.91 Å². The molecule has 2 aromatic carbocycles. The van der Waals surface area contributed by atoms with Gasteiger partial charge in [0.1, 0.15) is 23.7 Å². The lowest BCUT2D eigenvalue weighted by Crippen LogP contribution is -2.46. The van der Waals surface area contributed by atoms with Crippen LogP contribution in [0.25, 0.3) is 0 Å². The molecule has 0 aliphatic carbocycles. The molecule has 146 valence electrons. The van der Waals surface area contributed by atoms with Gasteiger partial charge in [0.05, 0.1) is 25.3 Å². The van der Waals surface area contributed by atoms with Crippen molar-refractivity contribution in [1.82, 2.24) is 10.6 Å². The van der Waals surface area contributed by atoms with E-state index in [0.29, 0.717) is 30.3 Å². The number of benzene rings is 2. The zero-order chi connectivity index (χ0) is 19.5. The molecule has 4 unspecified atom stereocenters. The maximum Gasteiger partial charge on any atom is 0.251 e. The summed E-state index contributed by atoms with van der Waals surface area (Å²) in [5.41, 5.74) is 0.494. The third-order valence-corrected chi connectivity index (χ3v) is 4.83. The van der Waals surface area contributed by atoms with Crippen molar-refractivity contribution >= 4 is 11.8 Å². The molecule has 28 heavy (non-hydrogen) atoms. The molecule has 2 aliphatic rings. The van der Waals surface area contributed by atoms with Crippen LogP contribution in [0.3, 0.4) is 0 Å². The van der Waals surface area contributed by atoms with Gasteiger partial charge in [-0.15, -0.1) is 0 Å². The molecule has 2 N–H and O–H groups in total. The average Bonchev–Trinajstić information content (AvgIpc) is 3.26. The molecule has 2 aliphatic heterocycles. The lowest BCUT2D eigenvalue weighted by atomic mass is 10.1. The highest BCUT2D eigenvalue weighted by Crippen LogP contribution is 2.28. The number of carbonyl (C=O) groups is 2. The lowest BCUT2D eigenvalue weighted by molar-refractivity contribution is -0.120. The van der Waals surface area contributed by atoms with Gasteiger partial charge in [-0.2, -0.15) is 0 Å². The van der Waals surface area contributed by atoms with Crippen LogP contribution in [0.1, 0.15) is 17.3 Å². The SMILES string of the molecule is CC(=O)NC1COC2C(NC(=O)c3cccc(Oc4ccccc4)c3)COC12. The quantitative estimate of drug-likeness (QED) is 0.825. The number of hydrogen-bond donors (Lipinski definition) is 2.